The van der Waals surface area contributed by atoms with Crippen molar-refractivity contribution in [2.24, 2.45) is 5.92 Å². The lowest BCUT2D eigenvalue weighted by Crippen LogP contribution is -2.16. The van der Waals surface area contributed by atoms with E-state index in [0.717, 1.165) is 25.3 Å². The molecule has 0 heterocycles. The lowest BCUT2D eigenvalue weighted by atomic mass is 10.1. The number of aromatic carboxylic acids is 1. The molecule has 2 N–H and O–H groups in total. The van der Waals surface area contributed by atoms with E-state index >= 15 is 0 Å². The average Bonchev–Trinajstić information content (AvgIpc) is 2.74. The zero-order valence-corrected chi connectivity index (χ0v) is 10.6. The Morgan fingerprint density at radius 2 is 2.21 bits per heavy atom. The molecular formula is C13H16N2O4. The van der Waals surface area contributed by atoms with Gasteiger partial charge >= 0.3 is 5.97 Å². The third-order valence-electron chi connectivity index (χ3n) is 3.50. The smallest absolute Gasteiger partial charge is 0.335 e. The van der Waals surface area contributed by atoms with E-state index in [2.05, 4.69) is 12.2 Å². The first-order chi connectivity index (χ1) is 8.97. The Hall–Kier alpha value is -2.11. The molecule has 19 heavy (non-hydrogen) atoms. The van der Waals surface area contributed by atoms with Crippen LogP contribution >= 0.6 is 0 Å². The Labute approximate surface area is 110 Å². The van der Waals surface area contributed by atoms with Crippen LogP contribution in [0.15, 0.2) is 18.2 Å². The predicted molar refractivity (Wildman–Crippen MR) is 70.5 cm³/mol. The quantitative estimate of drug-likeness (QED) is 0.644. The highest BCUT2D eigenvalue weighted by Gasteiger charge is 2.24. The fourth-order valence-corrected chi connectivity index (χ4v) is 2.50. The van der Waals surface area contributed by atoms with E-state index < -0.39 is 10.9 Å². The summed E-state index contributed by atoms with van der Waals surface area (Å²) in [7, 11) is 0. The summed E-state index contributed by atoms with van der Waals surface area (Å²) in [6, 6.07) is 4.19. The predicted octanol–water partition coefficient (Wildman–Crippen LogP) is 2.89. The van der Waals surface area contributed by atoms with E-state index in [4.69, 9.17) is 5.11 Å². The van der Waals surface area contributed by atoms with E-state index in [-0.39, 0.29) is 17.3 Å². The molecule has 2 rings (SSSR count). The van der Waals surface area contributed by atoms with Crippen molar-refractivity contribution in [2.75, 3.05) is 5.32 Å². The van der Waals surface area contributed by atoms with Gasteiger partial charge in [-0.2, -0.15) is 0 Å². The van der Waals surface area contributed by atoms with Crippen LogP contribution in [-0.2, 0) is 0 Å². The van der Waals surface area contributed by atoms with Gasteiger partial charge in [-0.3, -0.25) is 10.1 Å². The average molecular weight is 264 g/mol. The van der Waals surface area contributed by atoms with Crippen molar-refractivity contribution in [2.45, 2.75) is 32.2 Å². The van der Waals surface area contributed by atoms with Crippen molar-refractivity contribution in [3.8, 4) is 0 Å². The first-order valence-electron chi connectivity index (χ1n) is 6.25. The van der Waals surface area contributed by atoms with Gasteiger partial charge in [-0.25, -0.2) is 4.79 Å². The van der Waals surface area contributed by atoms with Gasteiger partial charge < -0.3 is 10.4 Å². The van der Waals surface area contributed by atoms with Crippen LogP contribution in [0.2, 0.25) is 0 Å². The Balaban J connectivity index is 2.24. The minimum Gasteiger partial charge on any atom is -0.478 e. The summed E-state index contributed by atoms with van der Waals surface area (Å²) in [6.45, 7) is 2.16. The number of carboxylic acids is 1. The first-order valence-corrected chi connectivity index (χ1v) is 6.25. The second kappa shape index (κ2) is 5.26. The van der Waals surface area contributed by atoms with Crippen LogP contribution in [-0.4, -0.2) is 22.0 Å². The van der Waals surface area contributed by atoms with Gasteiger partial charge in [0, 0.05) is 12.1 Å². The Kier molecular flexibility index (Phi) is 3.69. The number of nitrogens with one attached hydrogen (secondary N) is 1. The molecule has 2 atom stereocenters. The summed E-state index contributed by atoms with van der Waals surface area (Å²) in [5, 5.41) is 23.0. The van der Waals surface area contributed by atoms with Crippen LogP contribution in [0, 0.1) is 16.0 Å². The van der Waals surface area contributed by atoms with Crippen molar-refractivity contribution < 1.29 is 14.8 Å². The number of benzene rings is 1. The van der Waals surface area contributed by atoms with Crippen molar-refractivity contribution >= 4 is 17.3 Å². The number of nitrogens with zero attached hydrogens (tertiary/aromatic N) is 1. The van der Waals surface area contributed by atoms with Gasteiger partial charge in [0.1, 0.15) is 5.69 Å². The first kappa shape index (κ1) is 13.3. The number of hydrogen-bond donors (Lipinski definition) is 2. The molecule has 0 radical (unpaired) electrons. The highest BCUT2D eigenvalue weighted by molar-refractivity contribution is 5.89. The van der Waals surface area contributed by atoms with Gasteiger partial charge in [0.25, 0.3) is 5.69 Å². The summed E-state index contributed by atoms with van der Waals surface area (Å²) in [6.07, 6.45) is 3.08. The number of carbonyl (C=O) groups is 1. The molecule has 102 valence electrons. The largest absolute Gasteiger partial charge is 0.478 e. The molecular weight excluding hydrogens is 248 g/mol. The maximum atomic E-state index is 11.0. The molecule has 1 aliphatic rings. The summed E-state index contributed by atoms with van der Waals surface area (Å²) in [5.74, 6) is -0.543. The minimum atomic E-state index is -1.16. The molecule has 0 aromatic heterocycles. The maximum Gasteiger partial charge on any atom is 0.335 e. The lowest BCUT2D eigenvalue weighted by molar-refractivity contribution is -0.384. The summed E-state index contributed by atoms with van der Waals surface area (Å²) in [4.78, 5) is 21.3. The van der Waals surface area contributed by atoms with E-state index in [0.29, 0.717) is 11.6 Å². The van der Waals surface area contributed by atoms with E-state index in [1.54, 1.807) is 0 Å². The molecule has 0 saturated heterocycles. The number of nitro groups is 1. The van der Waals surface area contributed by atoms with Crippen LogP contribution in [0.25, 0.3) is 0 Å². The zero-order chi connectivity index (χ0) is 14.0. The van der Waals surface area contributed by atoms with Gasteiger partial charge in [0.05, 0.1) is 10.5 Å². The molecule has 1 saturated carbocycles. The molecule has 6 heteroatoms. The summed E-state index contributed by atoms with van der Waals surface area (Å²) < 4.78 is 0. The normalized spacial score (nSPS) is 22.2. The molecule has 1 fully saturated rings. The Morgan fingerprint density at radius 3 is 2.74 bits per heavy atom. The number of rotatable bonds is 4. The van der Waals surface area contributed by atoms with Gasteiger partial charge in [0.2, 0.25) is 0 Å². The molecule has 0 aliphatic heterocycles. The Morgan fingerprint density at radius 1 is 1.47 bits per heavy atom. The number of carboxylic acid groups (broad SMARTS) is 1. The fraction of sp³-hybridized carbons (Fsp3) is 0.462. The number of anilines is 1. The summed E-state index contributed by atoms with van der Waals surface area (Å²) in [5.41, 5.74) is 0.144. The number of hydrogen-bond acceptors (Lipinski definition) is 4. The van der Waals surface area contributed by atoms with Crippen molar-refractivity contribution in [3.63, 3.8) is 0 Å². The van der Waals surface area contributed by atoms with Crippen LogP contribution in [0.4, 0.5) is 11.4 Å². The second-order valence-electron chi connectivity index (χ2n) is 5.05. The topological polar surface area (TPSA) is 92.5 Å². The molecule has 2 unspecified atom stereocenters. The van der Waals surface area contributed by atoms with E-state index in [9.17, 15) is 14.9 Å². The van der Waals surface area contributed by atoms with Crippen LogP contribution in [0.5, 0.6) is 0 Å². The monoisotopic (exact) mass is 264 g/mol. The minimum absolute atomic E-state index is 0.0722. The number of nitro benzene ring substituents is 1. The van der Waals surface area contributed by atoms with Gasteiger partial charge in [-0.15, -0.1) is 0 Å². The highest BCUT2D eigenvalue weighted by atomic mass is 16.6. The van der Waals surface area contributed by atoms with Crippen LogP contribution < -0.4 is 5.32 Å². The zero-order valence-electron chi connectivity index (χ0n) is 10.6. The van der Waals surface area contributed by atoms with Gasteiger partial charge in [-0.05, 0) is 37.3 Å². The van der Waals surface area contributed by atoms with Crippen molar-refractivity contribution in [1.82, 2.24) is 0 Å². The molecule has 1 aromatic rings. The lowest BCUT2D eigenvalue weighted by Gasteiger charge is -2.14. The van der Waals surface area contributed by atoms with Crippen molar-refractivity contribution in [3.05, 3.63) is 33.9 Å². The van der Waals surface area contributed by atoms with Crippen LogP contribution in [0.3, 0.4) is 0 Å². The second-order valence-corrected chi connectivity index (χ2v) is 5.05. The van der Waals surface area contributed by atoms with E-state index in [1.807, 2.05) is 0 Å². The fourth-order valence-electron chi connectivity index (χ4n) is 2.50. The molecule has 6 nitrogen and oxygen atoms in total. The summed E-state index contributed by atoms with van der Waals surface area (Å²) >= 11 is 0. The standard InChI is InChI=1S/C13H16N2O4/c1-8-2-4-10(6-8)14-11-5-3-9(13(16)17)7-12(11)15(18)19/h3,5,7-8,10,14H,2,4,6H2,1H3,(H,16,17). The third kappa shape index (κ3) is 3.01. The van der Waals surface area contributed by atoms with Gasteiger partial charge in [0.15, 0.2) is 0 Å². The molecule has 1 aliphatic carbocycles. The maximum absolute atomic E-state index is 11.0. The third-order valence-corrected chi connectivity index (χ3v) is 3.50. The van der Waals surface area contributed by atoms with Gasteiger partial charge in [-0.1, -0.05) is 6.92 Å². The Bertz CT molecular complexity index is 515. The highest BCUT2D eigenvalue weighted by Crippen LogP contribution is 2.31. The van der Waals surface area contributed by atoms with Crippen molar-refractivity contribution in [1.29, 1.82) is 0 Å². The molecule has 0 spiro atoms. The molecule has 0 bridgehead atoms. The van der Waals surface area contributed by atoms with E-state index in [1.165, 1.54) is 12.1 Å². The van der Waals surface area contributed by atoms with Crippen LogP contribution in [0.1, 0.15) is 36.5 Å². The SMILES string of the molecule is CC1CCC(Nc2ccc(C(=O)O)cc2[N+](=O)[O-])C1. The molecule has 0 amide bonds. The molecule has 1 aromatic carbocycles.